The van der Waals surface area contributed by atoms with Crippen LogP contribution in [0.25, 0.3) is 5.78 Å². The zero-order valence-electron chi connectivity index (χ0n) is 10.8. The fourth-order valence-electron chi connectivity index (χ4n) is 1.84. The molecule has 0 N–H and O–H groups in total. The van der Waals surface area contributed by atoms with Crippen LogP contribution < -0.4 is 4.74 Å². The van der Waals surface area contributed by atoms with Gasteiger partial charge in [0, 0.05) is 23.9 Å². The quantitative estimate of drug-likeness (QED) is 0.688. The van der Waals surface area contributed by atoms with Gasteiger partial charge in [-0.15, -0.1) is 0 Å². The number of pyridine rings is 1. The zero-order valence-corrected chi connectivity index (χ0v) is 11.6. The van der Waals surface area contributed by atoms with E-state index in [-0.39, 0.29) is 0 Å². The number of rotatable bonds is 4. The molecule has 0 atom stereocenters. The molecule has 0 radical (unpaired) electrons. The number of ether oxygens (including phenoxy) is 1. The number of hydrogen-bond donors (Lipinski definition) is 0. The molecule has 0 saturated carbocycles. The Morgan fingerprint density at radius 2 is 2.20 bits per heavy atom. The highest BCUT2D eigenvalue weighted by Gasteiger charge is 2.13. The van der Waals surface area contributed by atoms with Crippen LogP contribution in [0.5, 0.6) is 5.88 Å². The summed E-state index contributed by atoms with van der Waals surface area (Å²) in [5, 5.41) is 4.46. The third-order valence-corrected chi connectivity index (χ3v) is 3.24. The summed E-state index contributed by atoms with van der Waals surface area (Å²) in [6.07, 6.45) is 3.89. The van der Waals surface area contributed by atoms with Crippen LogP contribution in [0.15, 0.2) is 30.7 Å². The lowest BCUT2D eigenvalue weighted by atomic mass is 10.3. The first-order chi connectivity index (χ1) is 9.75. The molecule has 7 heteroatoms. The molecule has 3 aromatic heterocycles. The molecule has 0 spiro atoms. The summed E-state index contributed by atoms with van der Waals surface area (Å²) in [6.45, 7) is 2.32. The minimum absolute atomic E-state index is 0.373. The lowest BCUT2D eigenvalue weighted by molar-refractivity contribution is 0.297. The fraction of sp³-hybridized carbons (Fsp3) is 0.231. The maximum Gasteiger partial charge on any atom is 0.256 e. The Bertz CT molecular complexity index is 728. The van der Waals surface area contributed by atoms with Crippen molar-refractivity contribution in [3.63, 3.8) is 0 Å². The highest BCUT2D eigenvalue weighted by molar-refractivity contribution is 6.30. The van der Waals surface area contributed by atoms with Crippen molar-refractivity contribution in [1.82, 2.24) is 24.6 Å². The molecule has 0 aliphatic rings. The second-order valence-electron chi connectivity index (χ2n) is 4.22. The fourth-order valence-corrected chi connectivity index (χ4v) is 2.00. The summed E-state index contributed by atoms with van der Waals surface area (Å²) < 4.78 is 7.33. The predicted octanol–water partition coefficient (Wildman–Crippen LogP) is 2.10. The molecule has 6 nitrogen and oxygen atoms in total. The van der Waals surface area contributed by atoms with E-state index < -0.39 is 0 Å². The standard InChI is InChI=1S/C13H12ClN5O/c1-9-11(14)18-13-16-8-17-19(13)12(9)20-7-5-10-4-2-3-6-15-10/h2-4,6,8H,5,7H2,1H3. The summed E-state index contributed by atoms with van der Waals surface area (Å²) in [7, 11) is 0. The van der Waals surface area contributed by atoms with Gasteiger partial charge in [-0.1, -0.05) is 17.7 Å². The van der Waals surface area contributed by atoms with Gasteiger partial charge in [0.05, 0.1) is 6.61 Å². The topological polar surface area (TPSA) is 65.2 Å². The van der Waals surface area contributed by atoms with Crippen molar-refractivity contribution >= 4 is 17.4 Å². The molecule has 3 aromatic rings. The largest absolute Gasteiger partial charge is 0.477 e. The van der Waals surface area contributed by atoms with Gasteiger partial charge in [-0.25, -0.2) is 0 Å². The lowest BCUT2D eigenvalue weighted by Gasteiger charge is -2.10. The van der Waals surface area contributed by atoms with Crippen LogP contribution in [-0.2, 0) is 6.42 Å². The third kappa shape index (κ3) is 2.42. The van der Waals surface area contributed by atoms with Gasteiger partial charge in [-0.2, -0.15) is 19.6 Å². The van der Waals surface area contributed by atoms with E-state index in [2.05, 4.69) is 20.1 Å². The van der Waals surface area contributed by atoms with Crippen LogP contribution in [0.4, 0.5) is 0 Å². The van der Waals surface area contributed by atoms with Crippen molar-refractivity contribution < 1.29 is 4.74 Å². The average molecular weight is 290 g/mol. The van der Waals surface area contributed by atoms with Crippen molar-refractivity contribution in [3.8, 4) is 5.88 Å². The average Bonchev–Trinajstić information content (AvgIpc) is 2.92. The van der Waals surface area contributed by atoms with Crippen LogP contribution in [0.3, 0.4) is 0 Å². The summed E-state index contributed by atoms with van der Waals surface area (Å²) in [6, 6.07) is 5.80. The van der Waals surface area contributed by atoms with E-state index in [1.54, 1.807) is 10.7 Å². The molecule has 0 fully saturated rings. The minimum Gasteiger partial charge on any atom is -0.477 e. The van der Waals surface area contributed by atoms with Crippen molar-refractivity contribution in [2.45, 2.75) is 13.3 Å². The summed E-state index contributed by atoms with van der Waals surface area (Å²) in [5.41, 5.74) is 1.71. The van der Waals surface area contributed by atoms with E-state index in [4.69, 9.17) is 16.3 Å². The van der Waals surface area contributed by atoms with Crippen molar-refractivity contribution in [1.29, 1.82) is 0 Å². The molecule has 0 saturated heterocycles. The summed E-state index contributed by atoms with van der Waals surface area (Å²) in [5.74, 6) is 0.988. The number of nitrogens with zero attached hydrogens (tertiary/aromatic N) is 5. The Labute approximate surface area is 120 Å². The zero-order chi connectivity index (χ0) is 13.9. The van der Waals surface area contributed by atoms with Crippen molar-refractivity contribution in [2.24, 2.45) is 0 Å². The van der Waals surface area contributed by atoms with E-state index >= 15 is 0 Å². The molecule has 0 aromatic carbocycles. The molecule has 3 rings (SSSR count). The maximum atomic E-state index is 6.06. The maximum absolute atomic E-state index is 6.06. The Hall–Kier alpha value is -2.21. The van der Waals surface area contributed by atoms with E-state index in [0.29, 0.717) is 29.8 Å². The molecule has 0 unspecified atom stereocenters. The van der Waals surface area contributed by atoms with Crippen LogP contribution in [-0.4, -0.2) is 31.2 Å². The Morgan fingerprint density at radius 1 is 1.30 bits per heavy atom. The van der Waals surface area contributed by atoms with Gasteiger partial charge in [0.15, 0.2) is 0 Å². The lowest BCUT2D eigenvalue weighted by Crippen LogP contribution is -2.09. The molecule has 3 heterocycles. The number of hydrogen-bond acceptors (Lipinski definition) is 5. The van der Waals surface area contributed by atoms with Crippen LogP contribution in [0.1, 0.15) is 11.3 Å². The van der Waals surface area contributed by atoms with Gasteiger partial charge in [0.1, 0.15) is 11.5 Å². The van der Waals surface area contributed by atoms with Crippen molar-refractivity contribution in [3.05, 3.63) is 47.1 Å². The van der Waals surface area contributed by atoms with Crippen LogP contribution >= 0.6 is 11.6 Å². The highest BCUT2D eigenvalue weighted by atomic mass is 35.5. The minimum atomic E-state index is 0.373. The summed E-state index contributed by atoms with van der Waals surface area (Å²) >= 11 is 6.06. The first-order valence-corrected chi connectivity index (χ1v) is 6.52. The monoisotopic (exact) mass is 289 g/mol. The van der Waals surface area contributed by atoms with E-state index in [9.17, 15) is 0 Å². The Kier molecular flexibility index (Phi) is 3.47. The van der Waals surface area contributed by atoms with Crippen LogP contribution in [0.2, 0.25) is 5.15 Å². The van der Waals surface area contributed by atoms with E-state index in [1.807, 2.05) is 25.1 Å². The smallest absolute Gasteiger partial charge is 0.256 e. The van der Waals surface area contributed by atoms with Gasteiger partial charge in [0.2, 0.25) is 5.88 Å². The molecular formula is C13H12ClN5O. The van der Waals surface area contributed by atoms with Gasteiger partial charge in [0.25, 0.3) is 5.78 Å². The number of halogens is 1. The number of aromatic nitrogens is 5. The van der Waals surface area contributed by atoms with Gasteiger partial charge >= 0.3 is 0 Å². The molecule has 0 bridgehead atoms. The second kappa shape index (κ2) is 5.42. The highest BCUT2D eigenvalue weighted by Crippen LogP contribution is 2.24. The summed E-state index contributed by atoms with van der Waals surface area (Å²) in [4.78, 5) is 12.4. The Morgan fingerprint density at radius 3 is 3.00 bits per heavy atom. The third-order valence-electron chi connectivity index (χ3n) is 2.87. The molecule has 0 aliphatic carbocycles. The molecule has 20 heavy (non-hydrogen) atoms. The van der Waals surface area contributed by atoms with Crippen LogP contribution in [0, 0.1) is 6.92 Å². The predicted molar refractivity (Wildman–Crippen MR) is 74.0 cm³/mol. The number of fused-ring (bicyclic) bond motifs is 1. The normalized spacial score (nSPS) is 10.9. The molecule has 102 valence electrons. The van der Waals surface area contributed by atoms with Gasteiger partial charge in [-0.05, 0) is 19.1 Å². The van der Waals surface area contributed by atoms with Crippen molar-refractivity contribution in [2.75, 3.05) is 6.61 Å². The first kappa shape index (κ1) is 12.8. The van der Waals surface area contributed by atoms with Gasteiger partial charge < -0.3 is 4.74 Å². The Balaban J connectivity index is 1.80. The van der Waals surface area contributed by atoms with E-state index in [0.717, 1.165) is 11.3 Å². The SMILES string of the molecule is Cc1c(Cl)nc2ncnn2c1OCCc1ccccn1. The van der Waals surface area contributed by atoms with E-state index in [1.165, 1.54) is 6.33 Å². The van der Waals surface area contributed by atoms with Gasteiger partial charge in [-0.3, -0.25) is 4.98 Å². The molecular weight excluding hydrogens is 278 g/mol. The molecule has 0 amide bonds. The molecule has 0 aliphatic heterocycles. The first-order valence-electron chi connectivity index (χ1n) is 6.14. The second-order valence-corrected chi connectivity index (χ2v) is 4.58.